The first-order valence-electron chi connectivity index (χ1n) is 6.82. The molecule has 0 spiro atoms. The van der Waals surface area contributed by atoms with E-state index in [0.717, 1.165) is 5.69 Å². The normalized spacial score (nSPS) is 10.3. The fourth-order valence-corrected chi connectivity index (χ4v) is 2.62. The second kappa shape index (κ2) is 6.93. The number of hydrogen-bond donors (Lipinski definition) is 1. The summed E-state index contributed by atoms with van der Waals surface area (Å²) in [5.74, 6) is 0.424. The van der Waals surface area contributed by atoms with Gasteiger partial charge in [0.25, 0.3) is 0 Å². The SMILES string of the molecule is CC(=O)Nc1nonc1-c1nnc(SCC#N)n1-c1ccccc1. The molecule has 120 valence electrons. The molecule has 0 radical (unpaired) electrons. The molecule has 1 N–H and O–H groups in total. The van der Waals surface area contributed by atoms with Crippen molar-refractivity contribution in [3.05, 3.63) is 30.3 Å². The third kappa shape index (κ3) is 3.11. The molecule has 0 aliphatic heterocycles. The topological polar surface area (TPSA) is 123 Å². The summed E-state index contributed by atoms with van der Waals surface area (Å²) in [5.41, 5.74) is 1.04. The molecule has 3 aromatic rings. The highest BCUT2D eigenvalue weighted by Gasteiger charge is 2.23. The number of carbonyl (C=O) groups is 1. The summed E-state index contributed by atoms with van der Waals surface area (Å²) >= 11 is 1.24. The molecule has 9 nitrogen and oxygen atoms in total. The fraction of sp³-hybridized carbons (Fsp3) is 0.143. The summed E-state index contributed by atoms with van der Waals surface area (Å²) in [6.45, 7) is 1.36. The van der Waals surface area contributed by atoms with Crippen molar-refractivity contribution >= 4 is 23.5 Å². The Morgan fingerprint density at radius 3 is 2.83 bits per heavy atom. The molecule has 0 atom stereocenters. The third-order valence-corrected chi connectivity index (χ3v) is 3.70. The maximum Gasteiger partial charge on any atom is 0.222 e. The van der Waals surface area contributed by atoms with Gasteiger partial charge in [0.1, 0.15) is 0 Å². The van der Waals surface area contributed by atoms with E-state index in [1.807, 2.05) is 30.3 Å². The minimum Gasteiger partial charge on any atom is -0.306 e. The zero-order valence-electron chi connectivity index (χ0n) is 12.5. The molecule has 10 heteroatoms. The second-order valence-corrected chi connectivity index (χ2v) is 5.51. The lowest BCUT2D eigenvalue weighted by molar-refractivity contribution is -0.114. The van der Waals surface area contributed by atoms with Crippen LogP contribution < -0.4 is 5.32 Å². The molecule has 0 saturated carbocycles. The van der Waals surface area contributed by atoms with Gasteiger partial charge in [0.2, 0.25) is 11.7 Å². The minimum absolute atomic E-state index is 0.156. The van der Waals surface area contributed by atoms with Crippen molar-refractivity contribution in [2.45, 2.75) is 12.1 Å². The van der Waals surface area contributed by atoms with E-state index in [1.54, 1.807) is 4.57 Å². The number of benzene rings is 1. The maximum atomic E-state index is 11.3. The molecular formula is C14H11N7O2S. The summed E-state index contributed by atoms with van der Waals surface area (Å²) in [6.07, 6.45) is 0. The van der Waals surface area contributed by atoms with Gasteiger partial charge in [-0.3, -0.25) is 9.36 Å². The summed E-state index contributed by atoms with van der Waals surface area (Å²) in [6, 6.07) is 11.4. The number of carbonyl (C=O) groups excluding carboxylic acids is 1. The second-order valence-electron chi connectivity index (χ2n) is 4.57. The molecule has 2 aromatic heterocycles. The monoisotopic (exact) mass is 341 g/mol. The van der Waals surface area contributed by atoms with Crippen molar-refractivity contribution in [3.63, 3.8) is 0 Å². The van der Waals surface area contributed by atoms with Gasteiger partial charge in [0.05, 0.1) is 11.8 Å². The van der Waals surface area contributed by atoms with Crippen LogP contribution in [0.25, 0.3) is 17.2 Å². The molecule has 0 saturated heterocycles. The molecule has 2 heterocycles. The minimum atomic E-state index is -0.309. The van der Waals surface area contributed by atoms with E-state index in [-0.39, 0.29) is 23.2 Å². The van der Waals surface area contributed by atoms with E-state index in [0.29, 0.717) is 11.0 Å². The van der Waals surface area contributed by atoms with Gasteiger partial charge in [-0.05, 0) is 22.4 Å². The van der Waals surface area contributed by atoms with Crippen LogP contribution in [-0.4, -0.2) is 36.7 Å². The highest BCUT2D eigenvalue weighted by molar-refractivity contribution is 7.99. The smallest absolute Gasteiger partial charge is 0.222 e. The Morgan fingerprint density at radius 1 is 1.33 bits per heavy atom. The first-order valence-corrected chi connectivity index (χ1v) is 7.80. The molecular weight excluding hydrogens is 330 g/mol. The van der Waals surface area contributed by atoms with Crippen LogP contribution in [0.5, 0.6) is 0 Å². The number of para-hydroxylation sites is 1. The van der Waals surface area contributed by atoms with Crippen molar-refractivity contribution in [3.8, 4) is 23.3 Å². The van der Waals surface area contributed by atoms with Crippen molar-refractivity contribution in [2.75, 3.05) is 11.1 Å². The average Bonchev–Trinajstić information content (AvgIpc) is 3.19. The Labute approximate surface area is 140 Å². The Kier molecular flexibility index (Phi) is 4.53. The quantitative estimate of drug-likeness (QED) is 0.698. The number of nitrogens with one attached hydrogen (secondary N) is 1. The predicted octanol–water partition coefficient (Wildman–Crippen LogP) is 1.89. The van der Waals surface area contributed by atoms with Crippen LogP contribution in [0.15, 0.2) is 40.1 Å². The van der Waals surface area contributed by atoms with Crippen LogP contribution in [0.3, 0.4) is 0 Å². The summed E-state index contributed by atoms with van der Waals surface area (Å²) in [7, 11) is 0. The van der Waals surface area contributed by atoms with Gasteiger partial charge in [-0.1, -0.05) is 30.0 Å². The number of aromatic nitrogens is 5. The van der Waals surface area contributed by atoms with Gasteiger partial charge >= 0.3 is 0 Å². The van der Waals surface area contributed by atoms with E-state index in [2.05, 4.69) is 31.9 Å². The van der Waals surface area contributed by atoms with Crippen LogP contribution in [0.1, 0.15) is 6.92 Å². The number of nitriles is 1. The Morgan fingerprint density at radius 2 is 2.12 bits per heavy atom. The lowest BCUT2D eigenvalue weighted by Gasteiger charge is -2.08. The molecule has 0 fully saturated rings. The molecule has 0 aliphatic carbocycles. The van der Waals surface area contributed by atoms with E-state index in [9.17, 15) is 4.79 Å². The lowest BCUT2D eigenvalue weighted by atomic mass is 10.3. The number of hydrogen-bond acceptors (Lipinski definition) is 8. The number of nitrogens with zero attached hydrogens (tertiary/aromatic N) is 6. The van der Waals surface area contributed by atoms with Crippen molar-refractivity contribution in [1.82, 2.24) is 25.1 Å². The van der Waals surface area contributed by atoms with E-state index in [1.165, 1.54) is 18.7 Å². The lowest BCUT2D eigenvalue weighted by Crippen LogP contribution is -2.08. The van der Waals surface area contributed by atoms with Crippen molar-refractivity contribution in [1.29, 1.82) is 5.26 Å². The van der Waals surface area contributed by atoms with Gasteiger partial charge in [-0.25, -0.2) is 4.63 Å². The predicted molar refractivity (Wildman–Crippen MR) is 85.3 cm³/mol. The van der Waals surface area contributed by atoms with Crippen LogP contribution in [0.4, 0.5) is 5.82 Å². The fourth-order valence-electron chi connectivity index (χ4n) is 2.01. The Bertz CT molecular complexity index is 897. The maximum absolute atomic E-state index is 11.3. The number of rotatable bonds is 5. The number of amides is 1. The molecule has 0 aliphatic rings. The molecule has 0 bridgehead atoms. The standard InChI is InChI=1S/C14H11N7O2S/c1-9(22)16-12-11(19-23-20-12)13-17-18-14(24-8-7-15)21(13)10-5-3-2-4-6-10/h2-6H,8H2,1H3,(H,16,20,22). The molecule has 0 unspecified atom stereocenters. The molecule has 24 heavy (non-hydrogen) atoms. The van der Waals surface area contributed by atoms with E-state index < -0.39 is 0 Å². The largest absolute Gasteiger partial charge is 0.306 e. The van der Waals surface area contributed by atoms with Gasteiger partial charge in [0, 0.05) is 12.6 Å². The zero-order chi connectivity index (χ0) is 16.9. The molecule has 1 aromatic carbocycles. The van der Waals surface area contributed by atoms with E-state index >= 15 is 0 Å². The first-order chi connectivity index (χ1) is 11.7. The van der Waals surface area contributed by atoms with E-state index in [4.69, 9.17) is 9.89 Å². The van der Waals surface area contributed by atoms with Gasteiger partial charge in [-0.2, -0.15) is 5.26 Å². The zero-order valence-corrected chi connectivity index (χ0v) is 13.3. The third-order valence-electron chi connectivity index (χ3n) is 2.91. The van der Waals surface area contributed by atoms with Gasteiger partial charge < -0.3 is 5.32 Å². The van der Waals surface area contributed by atoms with Crippen LogP contribution in [0.2, 0.25) is 0 Å². The molecule has 1 amide bonds. The Hall–Kier alpha value is -3.19. The van der Waals surface area contributed by atoms with Crippen molar-refractivity contribution < 1.29 is 9.42 Å². The van der Waals surface area contributed by atoms with Crippen LogP contribution >= 0.6 is 11.8 Å². The number of thioether (sulfide) groups is 1. The van der Waals surface area contributed by atoms with Crippen LogP contribution in [0, 0.1) is 11.3 Å². The first kappa shape index (κ1) is 15.7. The Balaban J connectivity index is 2.12. The van der Waals surface area contributed by atoms with Crippen molar-refractivity contribution in [2.24, 2.45) is 0 Å². The summed E-state index contributed by atoms with van der Waals surface area (Å²) < 4.78 is 6.46. The average molecular weight is 341 g/mol. The summed E-state index contributed by atoms with van der Waals surface area (Å²) in [5, 5.41) is 27.6. The highest BCUT2D eigenvalue weighted by atomic mass is 32.2. The molecule has 3 rings (SSSR count). The van der Waals surface area contributed by atoms with Gasteiger partial charge in [0.15, 0.2) is 16.7 Å². The summed E-state index contributed by atoms with van der Waals surface area (Å²) in [4.78, 5) is 11.3. The number of anilines is 1. The van der Waals surface area contributed by atoms with Gasteiger partial charge in [-0.15, -0.1) is 10.2 Å². The highest BCUT2D eigenvalue weighted by Crippen LogP contribution is 2.29. The van der Waals surface area contributed by atoms with Crippen LogP contribution in [-0.2, 0) is 4.79 Å².